The number of halogens is 2. The molecule has 37 heavy (non-hydrogen) atoms. The van der Waals surface area contributed by atoms with Gasteiger partial charge in [0.15, 0.2) is 0 Å². The number of rotatable bonds is 5. The van der Waals surface area contributed by atoms with Gasteiger partial charge in [0.1, 0.15) is 5.60 Å². The molecule has 5 aliphatic rings. The zero-order valence-electron chi connectivity index (χ0n) is 22.4. The number of hydrazine groups is 1. The molecule has 5 aliphatic carbocycles. The normalized spacial score (nSPS) is 37.5. The standard InChI is InChI=1S/C32H40F2N2O/c1-5-32(33,34)31(37)17-16-28-26-14-12-23-18-24(35-36(3)4)13-15-25(23)29(26)27(19-30(28,31)2)22-10-8-21(9-11-22)20-6-7-20/h1,8-11,18,20,24,26-28,35,37H,6-7,12-17,19H2,2-4H3/t24?,26-,27-,28-,30-,31-/m0/s1. The third-order valence-corrected chi connectivity index (χ3v) is 10.5. The highest BCUT2D eigenvalue weighted by Crippen LogP contribution is 2.69. The van der Waals surface area contributed by atoms with Crippen molar-refractivity contribution in [2.75, 3.05) is 14.1 Å². The topological polar surface area (TPSA) is 35.5 Å². The minimum Gasteiger partial charge on any atom is -0.382 e. The van der Waals surface area contributed by atoms with Gasteiger partial charge >= 0.3 is 5.92 Å². The van der Waals surface area contributed by atoms with Gasteiger partial charge in [-0.3, -0.25) is 5.01 Å². The van der Waals surface area contributed by atoms with Gasteiger partial charge in [0, 0.05) is 31.5 Å². The number of aliphatic hydroxyl groups is 1. The first-order valence-electron chi connectivity index (χ1n) is 14.1. The van der Waals surface area contributed by atoms with Crippen LogP contribution in [0.3, 0.4) is 0 Å². The molecule has 5 heteroatoms. The number of terminal acetylenes is 1. The van der Waals surface area contributed by atoms with Crippen molar-refractivity contribution in [1.29, 1.82) is 0 Å². The van der Waals surface area contributed by atoms with Crippen molar-refractivity contribution in [1.82, 2.24) is 10.4 Å². The van der Waals surface area contributed by atoms with E-state index in [4.69, 9.17) is 6.42 Å². The van der Waals surface area contributed by atoms with Crippen LogP contribution in [0, 0.1) is 29.6 Å². The Morgan fingerprint density at radius 3 is 2.41 bits per heavy atom. The molecule has 0 bridgehead atoms. The van der Waals surface area contributed by atoms with Gasteiger partial charge in [-0.15, -0.1) is 6.42 Å². The smallest absolute Gasteiger partial charge is 0.336 e. The van der Waals surface area contributed by atoms with E-state index in [-0.39, 0.29) is 24.2 Å². The molecule has 1 unspecified atom stereocenters. The Kier molecular flexibility index (Phi) is 5.99. The molecule has 1 aromatic rings. The molecule has 1 aromatic carbocycles. The first-order chi connectivity index (χ1) is 17.6. The number of benzene rings is 1. The maximum absolute atomic E-state index is 15.3. The summed E-state index contributed by atoms with van der Waals surface area (Å²) in [5.41, 5.74) is 7.36. The molecule has 198 valence electrons. The first-order valence-corrected chi connectivity index (χ1v) is 14.1. The maximum Gasteiger partial charge on any atom is 0.336 e. The summed E-state index contributed by atoms with van der Waals surface area (Å²) in [7, 11) is 4.06. The van der Waals surface area contributed by atoms with Crippen LogP contribution in [0.4, 0.5) is 8.78 Å². The fourth-order valence-corrected chi connectivity index (χ4v) is 8.59. The number of allylic oxidation sites excluding steroid dienone is 3. The number of fused-ring (bicyclic) bond motifs is 4. The van der Waals surface area contributed by atoms with Gasteiger partial charge in [-0.25, -0.2) is 5.43 Å². The average molecular weight is 507 g/mol. The van der Waals surface area contributed by atoms with Crippen LogP contribution < -0.4 is 5.43 Å². The Morgan fingerprint density at radius 1 is 1.05 bits per heavy atom. The lowest BCUT2D eigenvalue weighted by molar-refractivity contribution is -0.209. The molecule has 0 heterocycles. The van der Waals surface area contributed by atoms with Crippen LogP contribution in [-0.2, 0) is 0 Å². The van der Waals surface area contributed by atoms with Crippen LogP contribution in [0.2, 0.25) is 0 Å². The fraction of sp³-hybridized carbons (Fsp3) is 0.625. The Labute approximate surface area is 220 Å². The van der Waals surface area contributed by atoms with Crippen molar-refractivity contribution in [3.63, 3.8) is 0 Å². The van der Waals surface area contributed by atoms with E-state index < -0.39 is 16.9 Å². The monoisotopic (exact) mass is 506 g/mol. The average Bonchev–Trinajstić information content (AvgIpc) is 3.68. The maximum atomic E-state index is 15.3. The minimum absolute atomic E-state index is 0.0142. The van der Waals surface area contributed by atoms with Gasteiger partial charge < -0.3 is 5.11 Å². The zero-order valence-corrected chi connectivity index (χ0v) is 22.4. The van der Waals surface area contributed by atoms with E-state index >= 15 is 8.78 Å². The van der Waals surface area contributed by atoms with Gasteiger partial charge in [-0.1, -0.05) is 42.8 Å². The molecule has 6 atom stereocenters. The summed E-state index contributed by atoms with van der Waals surface area (Å²) >= 11 is 0. The predicted molar refractivity (Wildman–Crippen MR) is 143 cm³/mol. The number of hydrogen-bond donors (Lipinski definition) is 2. The number of hydrogen-bond acceptors (Lipinski definition) is 3. The van der Waals surface area contributed by atoms with Gasteiger partial charge in [0.05, 0.1) is 0 Å². The van der Waals surface area contributed by atoms with Crippen molar-refractivity contribution in [2.24, 2.45) is 17.3 Å². The van der Waals surface area contributed by atoms with E-state index in [0.29, 0.717) is 24.8 Å². The molecule has 3 saturated carbocycles. The summed E-state index contributed by atoms with van der Waals surface area (Å²) in [6.07, 6.45) is 15.4. The lowest BCUT2D eigenvalue weighted by Gasteiger charge is -2.55. The molecule has 0 aromatic heterocycles. The summed E-state index contributed by atoms with van der Waals surface area (Å²) in [5, 5.41) is 13.7. The fourth-order valence-electron chi connectivity index (χ4n) is 8.59. The van der Waals surface area contributed by atoms with Crippen LogP contribution in [-0.4, -0.2) is 41.8 Å². The van der Waals surface area contributed by atoms with E-state index in [9.17, 15) is 5.11 Å². The highest BCUT2D eigenvalue weighted by atomic mass is 19.3. The highest BCUT2D eigenvalue weighted by molar-refractivity contribution is 5.50. The Morgan fingerprint density at radius 2 is 1.76 bits per heavy atom. The largest absolute Gasteiger partial charge is 0.382 e. The van der Waals surface area contributed by atoms with Crippen molar-refractivity contribution < 1.29 is 13.9 Å². The van der Waals surface area contributed by atoms with Crippen LogP contribution in [0.25, 0.3) is 0 Å². The predicted octanol–water partition coefficient (Wildman–Crippen LogP) is 6.33. The Bertz CT molecular complexity index is 1170. The number of alkyl halides is 2. The van der Waals surface area contributed by atoms with Gasteiger partial charge in [-0.2, -0.15) is 8.78 Å². The van der Waals surface area contributed by atoms with Crippen molar-refractivity contribution in [2.45, 2.75) is 94.1 Å². The Balaban J connectivity index is 1.46. The van der Waals surface area contributed by atoms with Gasteiger partial charge in [0.2, 0.25) is 0 Å². The van der Waals surface area contributed by atoms with Crippen molar-refractivity contribution in [3.05, 3.63) is 58.2 Å². The second-order valence-corrected chi connectivity index (χ2v) is 12.8. The third-order valence-electron chi connectivity index (χ3n) is 10.5. The summed E-state index contributed by atoms with van der Waals surface area (Å²) < 4.78 is 30.5. The highest BCUT2D eigenvalue weighted by Gasteiger charge is 2.71. The van der Waals surface area contributed by atoms with Crippen molar-refractivity contribution in [3.8, 4) is 12.3 Å². The van der Waals surface area contributed by atoms with Gasteiger partial charge in [0.25, 0.3) is 0 Å². The lowest BCUT2D eigenvalue weighted by Crippen LogP contribution is -2.60. The summed E-state index contributed by atoms with van der Waals surface area (Å²) in [6.45, 7) is 1.91. The number of nitrogens with one attached hydrogen (secondary N) is 1. The van der Waals surface area contributed by atoms with Crippen LogP contribution in [0.15, 0.2) is 47.1 Å². The quantitative estimate of drug-likeness (QED) is 0.362. The SMILES string of the molecule is C#CC(F)(F)[C@]1(O)CC[C@H]2[C@@H]3CCC4=CC(NN(C)C)CCC4=C3[C@H](c3ccc(C4CC4)cc3)C[C@@]21C. The van der Waals surface area contributed by atoms with Gasteiger partial charge in [-0.05, 0) is 104 Å². The number of nitrogens with zero attached hydrogens (tertiary/aromatic N) is 1. The molecule has 0 radical (unpaired) electrons. The molecule has 6 rings (SSSR count). The molecule has 0 spiro atoms. The molecule has 0 saturated heterocycles. The second-order valence-electron chi connectivity index (χ2n) is 12.8. The molecule has 0 aliphatic heterocycles. The molecular weight excluding hydrogens is 466 g/mol. The second kappa shape index (κ2) is 8.76. The molecule has 0 amide bonds. The summed E-state index contributed by atoms with van der Waals surface area (Å²) in [4.78, 5) is 0. The minimum atomic E-state index is -3.54. The van der Waals surface area contributed by atoms with Crippen LogP contribution >= 0.6 is 0 Å². The zero-order chi connectivity index (χ0) is 26.2. The van der Waals surface area contributed by atoms with E-state index in [0.717, 1.165) is 25.7 Å². The molecule has 2 N–H and O–H groups in total. The van der Waals surface area contributed by atoms with E-state index in [2.05, 4.69) is 35.8 Å². The molecule has 3 nitrogen and oxygen atoms in total. The van der Waals surface area contributed by atoms with Crippen LogP contribution in [0.1, 0.15) is 87.7 Å². The van der Waals surface area contributed by atoms with Crippen molar-refractivity contribution >= 4 is 0 Å². The lowest BCUT2D eigenvalue weighted by atomic mass is 9.50. The Hall–Kier alpha value is -2.00. The van der Waals surface area contributed by atoms with E-state index in [1.54, 1.807) is 5.92 Å². The third kappa shape index (κ3) is 3.86. The summed E-state index contributed by atoms with van der Waals surface area (Å²) in [5.74, 6) is -0.937. The van der Waals surface area contributed by atoms with E-state index in [1.165, 1.54) is 40.7 Å². The van der Waals surface area contributed by atoms with E-state index in [1.807, 2.05) is 26.0 Å². The first kappa shape index (κ1) is 25.3. The van der Waals surface area contributed by atoms with Crippen LogP contribution in [0.5, 0.6) is 0 Å². The molecule has 3 fully saturated rings. The molecular formula is C32H40F2N2O. The summed E-state index contributed by atoms with van der Waals surface area (Å²) in [6, 6.07) is 9.28.